The Morgan fingerprint density at radius 1 is 0.857 bits per heavy atom. The average molecular weight is 397 g/mol. The molecule has 0 aromatic rings. The average Bonchev–Trinajstić information content (AvgIpc) is 2.66. The third-order valence-electron chi connectivity index (χ3n) is 5.00. The number of Topliss-reactive ketones (excluding diaryl/α,β-unsaturated/α-hetero) is 1. The molecule has 28 heavy (non-hydrogen) atoms. The van der Waals surface area contributed by atoms with Gasteiger partial charge in [0.2, 0.25) is 0 Å². The number of ketones is 1. The Hall–Kier alpha value is -1.16. The van der Waals surface area contributed by atoms with Crippen molar-refractivity contribution >= 4 is 11.8 Å². The van der Waals surface area contributed by atoms with Crippen molar-refractivity contribution in [3.05, 3.63) is 12.2 Å². The second-order valence-corrected chi connectivity index (χ2v) is 7.89. The molecule has 0 rings (SSSR count). The Kier molecular flexibility index (Phi) is 18.4. The molecule has 0 amide bonds. The van der Waals surface area contributed by atoms with Gasteiger partial charge in [0.1, 0.15) is 0 Å². The van der Waals surface area contributed by atoms with Crippen LogP contribution in [0.3, 0.4) is 0 Å². The molecule has 0 radical (unpaired) electrons. The normalized spacial score (nSPS) is 13.6. The quantitative estimate of drug-likeness (QED) is 0.158. The molecule has 1 unspecified atom stereocenters. The molecule has 0 aliphatic heterocycles. The third kappa shape index (κ3) is 17.0. The Labute approximate surface area is 173 Å². The highest BCUT2D eigenvalue weighted by molar-refractivity contribution is 5.83. The van der Waals surface area contributed by atoms with E-state index in [1.807, 2.05) is 6.92 Å². The van der Waals surface area contributed by atoms with Gasteiger partial charge in [-0.3, -0.25) is 9.59 Å². The minimum absolute atomic E-state index is 0.0627. The largest absolute Gasteiger partial charge is 0.454 e. The van der Waals surface area contributed by atoms with Gasteiger partial charge in [-0.1, -0.05) is 77.4 Å². The van der Waals surface area contributed by atoms with Gasteiger partial charge in [-0.15, -0.1) is 0 Å². The summed E-state index contributed by atoms with van der Waals surface area (Å²) in [6.45, 7) is 5.67. The van der Waals surface area contributed by atoms with E-state index in [9.17, 15) is 14.7 Å². The molecular weight excluding hydrogens is 352 g/mol. The second kappa shape index (κ2) is 19.2. The molecule has 1 N–H and O–H groups in total. The topological polar surface area (TPSA) is 63.6 Å². The number of hydrogen-bond acceptors (Lipinski definition) is 4. The molecule has 0 aromatic carbocycles. The molecule has 4 heteroatoms. The summed E-state index contributed by atoms with van der Waals surface area (Å²) < 4.78 is 5.26. The predicted octanol–water partition coefficient (Wildman–Crippen LogP) is 6.30. The summed E-state index contributed by atoms with van der Waals surface area (Å²) in [5, 5.41) is 9.90. The number of unbranched alkanes of at least 4 members (excludes halogenated alkanes) is 8. The van der Waals surface area contributed by atoms with Gasteiger partial charge in [0.25, 0.3) is 0 Å². The summed E-state index contributed by atoms with van der Waals surface area (Å²) in [4.78, 5) is 23.2. The summed E-state index contributed by atoms with van der Waals surface area (Å²) in [6.07, 6.45) is 18.3. The van der Waals surface area contributed by atoms with Crippen LogP contribution in [-0.4, -0.2) is 29.1 Å². The minimum atomic E-state index is -0.556. The monoisotopic (exact) mass is 396 g/mol. The number of carbonyl (C=O) groups excluding carboxylic acids is 2. The molecular formula is C24H44O4. The van der Waals surface area contributed by atoms with Crippen LogP contribution in [0.1, 0.15) is 117 Å². The van der Waals surface area contributed by atoms with Crippen molar-refractivity contribution in [2.45, 2.75) is 129 Å². The van der Waals surface area contributed by atoms with E-state index in [0.29, 0.717) is 12.8 Å². The van der Waals surface area contributed by atoms with Gasteiger partial charge in [-0.05, 0) is 45.4 Å². The van der Waals surface area contributed by atoms with Crippen molar-refractivity contribution in [3.63, 3.8) is 0 Å². The maximum absolute atomic E-state index is 11.8. The van der Waals surface area contributed by atoms with E-state index in [1.54, 1.807) is 0 Å². The van der Waals surface area contributed by atoms with Crippen molar-refractivity contribution in [1.82, 2.24) is 0 Å². The lowest BCUT2D eigenvalue weighted by Gasteiger charge is -2.14. The molecule has 0 saturated heterocycles. The van der Waals surface area contributed by atoms with Crippen LogP contribution >= 0.6 is 0 Å². The van der Waals surface area contributed by atoms with E-state index in [-0.39, 0.29) is 17.9 Å². The molecule has 4 nitrogen and oxygen atoms in total. The van der Waals surface area contributed by atoms with Crippen molar-refractivity contribution in [2.24, 2.45) is 0 Å². The van der Waals surface area contributed by atoms with Gasteiger partial charge in [0.05, 0.1) is 6.10 Å². The Bertz CT molecular complexity index is 417. The fourth-order valence-electron chi connectivity index (χ4n) is 3.18. The van der Waals surface area contributed by atoms with Gasteiger partial charge in [0.15, 0.2) is 11.9 Å². The number of hydrogen-bond donors (Lipinski definition) is 1. The van der Waals surface area contributed by atoms with Crippen LogP contribution in [0.4, 0.5) is 0 Å². The highest BCUT2D eigenvalue weighted by Gasteiger charge is 2.17. The maximum atomic E-state index is 11.8. The fourth-order valence-corrected chi connectivity index (χ4v) is 3.18. The molecule has 0 aromatic heterocycles. The molecule has 0 fully saturated rings. The molecule has 164 valence electrons. The lowest BCUT2D eigenvalue weighted by Crippen LogP contribution is -2.25. The molecule has 0 aliphatic rings. The molecule has 0 aliphatic carbocycles. The van der Waals surface area contributed by atoms with E-state index in [2.05, 4.69) is 19.1 Å². The summed E-state index contributed by atoms with van der Waals surface area (Å²) in [7, 11) is 0. The van der Waals surface area contributed by atoms with Crippen LogP contribution in [0, 0.1) is 0 Å². The van der Waals surface area contributed by atoms with Crippen LogP contribution in [0.15, 0.2) is 12.2 Å². The van der Waals surface area contributed by atoms with Crippen molar-refractivity contribution in [2.75, 3.05) is 0 Å². The highest BCUT2D eigenvalue weighted by Crippen LogP contribution is 2.12. The van der Waals surface area contributed by atoms with Gasteiger partial charge in [-0.25, -0.2) is 0 Å². The molecule has 0 bridgehead atoms. The van der Waals surface area contributed by atoms with Crippen LogP contribution in [0.5, 0.6) is 0 Å². The first-order valence-electron chi connectivity index (χ1n) is 11.5. The smallest absolute Gasteiger partial charge is 0.306 e. The number of ether oxygens (including phenoxy) is 1. The number of aliphatic hydroxyl groups excluding tert-OH is 1. The van der Waals surface area contributed by atoms with E-state index < -0.39 is 6.10 Å². The summed E-state index contributed by atoms with van der Waals surface area (Å²) in [5.41, 5.74) is 0. The lowest BCUT2D eigenvalue weighted by atomic mass is 10.1. The van der Waals surface area contributed by atoms with E-state index >= 15 is 0 Å². The third-order valence-corrected chi connectivity index (χ3v) is 5.00. The zero-order valence-electron chi connectivity index (χ0n) is 18.6. The van der Waals surface area contributed by atoms with Crippen molar-refractivity contribution < 1.29 is 19.4 Å². The van der Waals surface area contributed by atoms with E-state index in [4.69, 9.17) is 4.74 Å². The first-order chi connectivity index (χ1) is 13.5. The zero-order valence-corrected chi connectivity index (χ0v) is 18.6. The number of aliphatic hydroxyl groups is 1. The van der Waals surface area contributed by atoms with E-state index in [0.717, 1.165) is 64.2 Å². The van der Waals surface area contributed by atoms with Crippen LogP contribution in [0.2, 0.25) is 0 Å². The fraction of sp³-hybridized carbons (Fsp3) is 0.833. The van der Waals surface area contributed by atoms with Gasteiger partial charge < -0.3 is 9.84 Å². The van der Waals surface area contributed by atoms with E-state index in [1.165, 1.54) is 26.2 Å². The number of allylic oxidation sites excluding steroid dienone is 1. The Morgan fingerprint density at radius 3 is 2.21 bits per heavy atom. The number of carbonyl (C=O) groups is 2. The van der Waals surface area contributed by atoms with Crippen LogP contribution in [-0.2, 0) is 14.3 Å². The molecule has 0 heterocycles. The lowest BCUT2D eigenvalue weighted by molar-refractivity contribution is -0.155. The van der Waals surface area contributed by atoms with Gasteiger partial charge in [0, 0.05) is 6.42 Å². The van der Waals surface area contributed by atoms with Crippen LogP contribution < -0.4 is 0 Å². The number of rotatable bonds is 19. The Morgan fingerprint density at radius 2 is 1.54 bits per heavy atom. The standard InChI is InChI=1S/C24H44O4/c1-4-6-7-14-18-22(26)19-15-12-10-8-9-11-13-16-20-24(27)28-23(17-5-2)21(3)25/h12,15,22-23,26H,4-11,13-14,16-20H2,1-3H3/b15-12-/t22-,23?/m1/s1. The van der Waals surface area contributed by atoms with Gasteiger partial charge >= 0.3 is 5.97 Å². The second-order valence-electron chi connectivity index (χ2n) is 7.89. The number of esters is 1. The summed E-state index contributed by atoms with van der Waals surface area (Å²) >= 11 is 0. The molecule has 0 saturated carbocycles. The SMILES string of the molecule is CCCCCC[C@@H](O)C/C=C\CCCCCCCC(=O)OC(CCC)C(C)=O. The van der Waals surface area contributed by atoms with Crippen LogP contribution in [0.25, 0.3) is 0 Å². The zero-order chi connectivity index (χ0) is 21.0. The molecule has 0 spiro atoms. The predicted molar refractivity (Wildman–Crippen MR) is 116 cm³/mol. The Balaban J connectivity index is 3.54. The first kappa shape index (κ1) is 26.8. The van der Waals surface area contributed by atoms with Crippen molar-refractivity contribution in [3.8, 4) is 0 Å². The summed E-state index contributed by atoms with van der Waals surface area (Å²) in [6, 6.07) is 0. The van der Waals surface area contributed by atoms with Crippen molar-refractivity contribution in [1.29, 1.82) is 0 Å². The van der Waals surface area contributed by atoms with Gasteiger partial charge in [-0.2, -0.15) is 0 Å². The first-order valence-corrected chi connectivity index (χ1v) is 11.5. The molecule has 2 atom stereocenters. The maximum Gasteiger partial charge on any atom is 0.306 e. The summed E-state index contributed by atoms with van der Waals surface area (Å²) in [5.74, 6) is -0.308. The minimum Gasteiger partial charge on any atom is -0.454 e. The highest BCUT2D eigenvalue weighted by atomic mass is 16.5.